The first kappa shape index (κ1) is 17.6. The Bertz CT molecular complexity index is 905. The van der Waals surface area contributed by atoms with Crippen molar-refractivity contribution >= 4 is 29.1 Å². The van der Waals surface area contributed by atoms with Crippen LogP contribution >= 0.6 is 11.6 Å². The summed E-state index contributed by atoms with van der Waals surface area (Å²) in [5, 5.41) is 6.30. The molecular weight excluding hydrogens is 354 g/mol. The molecule has 0 fully saturated rings. The molecule has 0 aliphatic carbocycles. The van der Waals surface area contributed by atoms with Gasteiger partial charge >= 0.3 is 0 Å². The number of benzene rings is 1. The second-order valence-electron chi connectivity index (χ2n) is 5.28. The highest BCUT2D eigenvalue weighted by Crippen LogP contribution is 2.28. The Labute approximate surface area is 155 Å². The Balaban J connectivity index is 1.71. The third-order valence-electron chi connectivity index (χ3n) is 3.47. The van der Waals surface area contributed by atoms with Crippen molar-refractivity contribution in [1.29, 1.82) is 0 Å². The average Bonchev–Trinajstić information content (AvgIpc) is 2.67. The third-order valence-corrected chi connectivity index (χ3v) is 3.71. The van der Waals surface area contributed by atoms with E-state index in [9.17, 15) is 4.79 Å². The predicted molar refractivity (Wildman–Crippen MR) is 99.6 cm³/mol. The molecule has 0 aliphatic heterocycles. The van der Waals surface area contributed by atoms with Gasteiger partial charge in [0.2, 0.25) is 5.95 Å². The van der Waals surface area contributed by atoms with Crippen LogP contribution in [-0.2, 0) is 6.54 Å². The summed E-state index contributed by atoms with van der Waals surface area (Å²) in [6, 6.07) is 10.3. The number of anilines is 2. The van der Waals surface area contributed by atoms with Crippen LogP contribution in [0.1, 0.15) is 16.1 Å². The number of nitrogens with zero attached hydrogens (tertiary/aromatic N) is 3. The molecule has 0 saturated carbocycles. The van der Waals surface area contributed by atoms with Crippen LogP contribution in [-0.4, -0.2) is 28.0 Å². The van der Waals surface area contributed by atoms with Gasteiger partial charge in [-0.2, -0.15) is 0 Å². The van der Waals surface area contributed by atoms with Crippen LogP contribution in [0.15, 0.2) is 55.0 Å². The Morgan fingerprint density at radius 2 is 2.12 bits per heavy atom. The van der Waals surface area contributed by atoms with Gasteiger partial charge in [0, 0.05) is 30.2 Å². The number of hydrogen-bond acceptors (Lipinski definition) is 6. The molecule has 0 aliphatic rings. The summed E-state index contributed by atoms with van der Waals surface area (Å²) in [6.45, 7) is 0.501. The molecular formula is C18H16ClN5O2. The molecule has 1 aromatic carbocycles. The fourth-order valence-electron chi connectivity index (χ4n) is 2.22. The largest absolute Gasteiger partial charge is 0.495 e. The molecule has 7 nitrogen and oxygen atoms in total. The topological polar surface area (TPSA) is 89.0 Å². The number of carbonyl (C=O) groups excluding carboxylic acids is 1. The first-order valence-corrected chi connectivity index (χ1v) is 8.14. The van der Waals surface area contributed by atoms with Crippen LogP contribution in [0.2, 0.25) is 5.02 Å². The number of carbonyl (C=O) groups is 1. The number of ether oxygens (including phenoxy) is 1. The van der Waals surface area contributed by atoms with Crippen LogP contribution in [0.5, 0.6) is 5.75 Å². The fourth-order valence-corrected chi connectivity index (χ4v) is 2.39. The highest BCUT2D eigenvalue weighted by molar-refractivity contribution is 6.31. The highest BCUT2D eigenvalue weighted by Gasteiger charge is 2.12. The molecule has 0 spiro atoms. The Morgan fingerprint density at radius 3 is 2.88 bits per heavy atom. The number of pyridine rings is 1. The number of rotatable bonds is 6. The summed E-state index contributed by atoms with van der Waals surface area (Å²) < 4.78 is 5.22. The lowest BCUT2D eigenvalue weighted by Gasteiger charge is -2.11. The molecule has 0 bridgehead atoms. The molecule has 1 amide bonds. The van der Waals surface area contributed by atoms with E-state index in [2.05, 4.69) is 25.6 Å². The van der Waals surface area contributed by atoms with Gasteiger partial charge in [-0.3, -0.25) is 9.78 Å². The maximum atomic E-state index is 12.5. The van der Waals surface area contributed by atoms with Crippen molar-refractivity contribution in [2.75, 3.05) is 17.7 Å². The van der Waals surface area contributed by atoms with Crippen LogP contribution < -0.4 is 15.4 Å². The summed E-state index contributed by atoms with van der Waals surface area (Å²) in [5.74, 6) is 0.462. The van der Waals surface area contributed by atoms with E-state index < -0.39 is 5.91 Å². The normalized spacial score (nSPS) is 10.2. The summed E-state index contributed by atoms with van der Waals surface area (Å²) in [7, 11) is 1.52. The first-order chi connectivity index (χ1) is 12.7. The maximum Gasteiger partial charge on any atom is 0.274 e. The predicted octanol–water partition coefficient (Wildman–Crippen LogP) is 3.40. The van der Waals surface area contributed by atoms with Crippen molar-refractivity contribution in [2.24, 2.45) is 0 Å². The molecule has 2 heterocycles. The van der Waals surface area contributed by atoms with E-state index in [4.69, 9.17) is 16.3 Å². The van der Waals surface area contributed by atoms with Gasteiger partial charge in [-0.1, -0.05) is 17.7 Å². The zero-order valence-corrected chi connectivity index (χ0v) is 14.7. The first-order valence-electron chi connectivity index (χ1n) is 7.76. The molecule has 0 radical (unpaired) electrons. The van der Waals surface area contributed by atoms with Gasteiger partial charge in [0.15, 0.2) is 0 Å². The third kappa shape index (κ3) is 4.46. The minimum Gasteiger partial charge on any atom is -0.495 e. The van der Waals surface area contributed by atoms with E-state index >= 15 is 0 Å². The standard InChI is InChI=1S/C18H16ClN5O2/c1-26-16-5-4-13(19)9-15(16)23-17(25)14-6-8-21-18(24-14)22-11-12-3-2-7-20-10-12/h2-10H,11H2,1H3,(H,23,25)(H,21,22,24). The van der Waals surface area contributed by atoms with Gasteiger partial charge in [0.25, 0.3) is 5.91 Å². The van der Waals surface area contributed by atoms with Crippen molar-refractivity contribution in [2.45, 2.75) is 6.54 Å². The van der Waals surface area contributed by atoms with Crippen molar-refractivity contribution < 1.29 is 9.53 Å². The van der Waals surface area contributed by atoms with E-state index in [0.29, 0.717) is 29.0 Å². The van der Waals surface area contributed by atoms with Crippen molar-refractivity contribution in [1.82, 2.24) is 15.0 Å². The van der Waals surface area contributed by atoms with E-state index in [0.717, 1.165) is 5.56 Å². The van der Waals surface area contributed by atoms with Crippen LogP contribution in [0.4, 0.5) is 11.6 Å². The molecule has 0 saturated heterocycles. The number of hydrogen-bond donors (Lipinski definition) is 2. The summed E-state index contributed by atoms with van der Waals surface area (Å²) >= 11 is 5.98. The zero-order chi connectivity index (χ0) is 18.4. The number of methoxy groups -OCH3 is 1. The SMILES string of the molecule is COc1ccc(Cl)cc1NC(=O)c1ccnc(NCc2cccnc2)n1. The fraction of sp³-hybridized carbons (Fsp3) is 0.111. The van der Waals surface area contributed by atoms with Crippen LogP contribution in [0, 0.1) is 0 Å². The van der Waals surface area contributed by atoms with E-state index in [1.165, 1.54) is 19.4 Å². The number of halogens is 1. The van der Waals surface area contributed by atoms with Gasteiger partial charge in [-0.25, -0.2) is 9.97 Å². The molecule has 8 heteroatoms. The van der Waals surface area contributed by atoms with Gasteiger partial charge in [-0.15, -0.1) is 0 Å². The van der Waals surface area contributed by atoms with Gasteiger partial charge < -0.3 is 15.4 Å². The van der Waals surface area contributed by atoms with E-state index in [1.807, 2.05) is 12.1 Å². The quantitative estimate of drug-likeness (QED) is 0.692. The van der Waals surface area contributed by atoms with Crippen LogP contribution in [0.25, 0.3) is 0 Å². The molecule has 26 heavy (non-hydrogen) atoms. The Morgan fingerprint density at radius 1 is 1.23 bits per heavy atom. The molecule has 2 N–H and O–H groups in total. The van der Waals surface area contributed by atoms with Gasteiger partial charge in [-0.05, 0) is 35.9 Å². The summed E-state index contributed by atoms with van der Waals surface area (Å²) in [4.78, 5) is 24.9. The lowest BCUT2D eigenvalue weighted by Crippen LogP contribution is -2.16. The number of aromatic nitrogens is 3. The lowest BCUT2D eigenvalue weighted by molar-refractivity contribution is 0.102. The second kappa shape index (κ2) is 8.26. The smallest absolute Gasteiger partial charge is 0.274 e. The minimum atomic E-state index is -0.391. The molecule has 3 aromatic rings. The maximum absolute atomic E-state index is 12.5. The second-order valence-corrected chi connectivity index (χ2v) is 5.72. The van der Waals surface area contributed by atoms with Gasteiger partial charge in [0.05, 0.1) is 12.8 Å². The Hall–Kier alpha value is -3.19. The van der Waals surface area contributed by atoms with Gasteiger partial charge in [0.1, 0.15) is 11.4 Å². The van der Waals surface area contributed by atoms with Crippen molar-refractivity contribution in [3.63, 3.8) is 0 Å². The number of amides is 1. The van der Waals surface area contributed by atoms with Crippen LogP contribution in [0.3, 0.4) is 0 Å². The minimum absolute atomic E-state index is 0.218. The van der Waals surface area contributed by atoms with E-state index in [1.54, 1.807) is 30.6 Å². The highest BCUT2D eigenvalue weighted by atomic mass is 35.5. The lowest BCUT2D eigenvalue weighted by atomic mass is 10.2. The van der Waals surface area contributed by atoms with Crippen molar-refractivity contribution in [3.05, 3.63) is 71.3 Å². The molecule has 0 atom stereocenters. The zero-order valence-electron chi connectivity index (χ0n) is 13.9. The van der Waals surface area contributed by atoms with E-state index in [-0.39, 0.29) is 5.69 Å². The summed E-state index contributed by atoms with van der Waals surface area (Å²) in [6.07, 6.45) is 4.97. The van der Waals surface area contributed by atoms with Crippen molar-refractivity contribution in [3.8, 4) is 5.75 Å². The molecule has 0 unspecified atom stereocenters. The monoisotopic (exact) mass is 369 g/mol. The Kier molecular flexibility index (Phi) is 5.60. The molecule has 2 aromatic heterocycles. The molecule has 3 rings (SSSR count). The molecule has 132 valence electrons. The number of nitrogens with one attached hydrogen (secondary N) is 2. The summed E-state index contributed by atoms with van der Waals surface area (Å²) in [5.41, 5.74) is 1.67. The average molecular weight is 370 g/mol.